The van der Waals surface area contributed by atoms with Crippen LogP contribution in [-0.4, -0.2) is 24.5 Å². The van der Waals surface area contributed by atoms with Gasteiger partial charge >= 0.3 is 0 Å². The third-order valence-corrected chi connectivity index (χ3v) is 17.3. The number of pyridine rings is 1. The molecule has 6 aromatic heterocycles. The predicted molar refractivity (Wildman–Crippen MR) is 298 cm³/mol. The molecule has 326 valence electrons. The number of rotatable bonds is 6. The lowest BCUT2D eigenvalue weighted by Crippen LogP contribution is -2.06. The third-order valence-electron chi connectivity index (χ3n) is 13.7. The highest BCUT2D eigenvalue weighted by molar-refractivity contribution is 7.27. The summed E-state index contributed by atoms with van der Waals surface area (Å²) < 4.78 is 9.71. The van der Waals surface area contributed by atoms with E-state index < -0.39 is 0 Å². The summed E-state index contributed by atoms with van der Waals surface area (Å²) in [6, 6.07) is 76.0. The molecule has 0 atom stereocenters. The summed E-state index contributed by atoms with van der Waals surface area (Å²) in [6.07, 6.45) is 0. The van der Waals surface area contributed by atoms with Gasteiger partial charge in [0.25, 0.3) is 0 Å². The Labute approximate surface area is 412 Å². The second kappa shape index (κ2) is 15.6. The van der Waals surface area contributed by atoms with E-state index in [1.54, 1.807) is 0 Å². The van der Waals surface area contributed by atoms with Crippen LogP contribution in [0.25, 0.3) is 145 Å². The molecule has 8 heteroatoms. The van der Waals surface area contributed by atoms with Gasteiger partial charge in [0, 0.05) is 88.8 Å². The normalized spacial score (nSPS) is 12.0. The molecule has 6 heterocycles. The van der Waals surface area contributed by atoms with Crippen molar-refractivity contribution in [3.05, 3.63) is 212 Å². The molecule has 0 saturated carbocycles. The number of hydrogen-bond acceptors (Lipinski definition) is 7. The average Bonchev–Trinajstić information content (AvgIpc) is 4.20. The minimum atomic E-state index is 0.568. The molecule has 15 rings (SSSR count). The van der Waals surface area contributed by atoms with Gasteiger partial charge in [-0.05, 0) is 53.6 Å². The molecule has 0 aliphatic carbocycles. The third kappa shape index (κ3) is 6.07. The van der Waals surface area contributed by atoms with Crippen molar-refractivity contribution >= 4 is 116 Å². The number of para-hydroxylation sites is 1. The first-order valence-corrected chi connectivity index (χ1v) is 25.7. The van der Waals surface area contributed by atoms with Crippen LogP contribution in [-0.2, 0) is 0 Å². The van der Waals surface area contributed by atoms with Gasteiger partial charge in [0.05, 0.1) is 27.1 Å². The molecule has 0 aliphatic heterocycles. The van der Waals surface area contributed by atoms with Crippen molar-refractivity contribution in [1.82, 2.24) is 24.5 Å². The first kappa shape index (κ1) is 39.6. The fraction of sp³-hybridized carbons (Fsp3) is 0. The van der Waals surface area contributed by atoms with Gasteiger partial charge in [-0.15, -0.1) is 34.0 Å². The predicted octanol–water partition coefficient (Wildman–Crippen LogP) is 17.8. The van der Waals surface area contributed by atoms with Crippen LogP contribution < -0.4 is 0 Å². The highest BCUT2D eigenvalue weighted by atomic mass is 32.1. The number of aromatic nitrogens is 5. The Bertz CT molecular complexity index is 4410. The maximum Gasteiger partial charge on any atom is 0.238 e. The second-order valence-electron chi connectivity index (χ2n) is 17.7. The molecule has 15 aromatic rings. The van der Waals surface area contributed by atoms with E-state index in [-0.39, 0.29) is 0 Å². The van der Waals surface area contributed by atoms with Gasteiger partial charge in [-0.3, -0.25) is 4.57 Å². The van der Waals surface area contributed by atoms with E-state index in [2.05, 4.69) is 180 Å². The fourth-order valence-electron chi connectivity index (χ4n) is 10.5. The van der Waals surface area contributed by atoms with E-state index in [4.69, 9.17) is 19.9 Å². The second-order valence-corrected chi connectivity index (χ2v) is 20.8. The highest BCUT2D eigenvalue weighted by Gasteiger charge is 2.26. The van der Waals surface area contributed by atoms with Gasteiger partial charge in [0.1, 0.15) is 0 Å². The van der Waals surface area contributed by atoms with Crippen LogP contribution in [0.3, 0.4) is 0 Å². The summed E-state index contributed by atoms with van der Waals surface area (Å²) in [5.74, 6) is 1.81. The smallest absolute Gasteiger partial charge is 0.238 e. The summed E-state index contributed by atoms with van der Waals surface area (Å²) in [5, 5.41) is 9.69. The van der Waals surface area contributed by atoms with Crippen LogP contribution in [0.1, 0.15) is 0 Å². The number of benzene rings is 9. The molecule has 0 unspecified atom stereocenters. The zero-order chi connectivity index (χ0) is 45.9. The van der Waals surface area contributed by atoms with Crippen molar-refractivity contribution in [3.8, 4) is 62.4 Å². The van der Waals surface area contributed by atoms with Crippen molar-refractivity contribution in [2.45, 2.75) is 0 Å². The Balaban J connectivity index is 1.08. The molecule has 0 amide bonds. The van der Waals surface area contributed by atoms with E-state index in [0.717, 1.165) is 66.6 Å². The Kier molecular flexibility index (Phi) is 8.80. The molecular weight excluding hydrogens is 911 g/mol. The zero-order valence-electron chi connectivity index (χ0n) is 37.2. The number of fused-ring (bicyclic) bond motifs is 13. The van der Waals surface area contributed by atoms with Crippen molar-refractivity contribution in [1.29, 1.82) is 0 Å². The largest absolute Gasteiger partial charge is 0.276 e. The SMILES string of the molecule is c1ccc(-c2nc(-c3ccccc3)nc(-n3c4ccccc4c4c(-c5cc(-c6cccc7c6sc6ccccc67)nc(-c6cccc7c6sc6ccccc67)c5)cc5c6ccccc6sc5c43)n2)cc1. The van der Waals surface area contributed by atoms with Crippen molar-refractivity contribution < 1.29 is 0 Å². The van der Waals surface area contributed by atoms with Gasteiger partial charge in [-0.2, -0.15) is 9.97 Å². The quantitative estimate of drug-likeness (QED) is 0.167. The lowest BCUT2D eigenvalue weighted by Gasteiger charge is -2.14. The van der Waals surface area contributed by atoms with Crippen molar-refractivity contribution in [3.63, 3.8) is 0 Å². The summed E-state index contributed by atoms with van der Waals surface area (Å²) in [5.41, 5.74) is 10.3. The van der Waals surface area contributed by atoms with Crippen LogP contribution >= 0.6 is 34.0 Å². The molecule has 0 radical (unpaired) electrons. The Morgan fingerprint density at radius 3 is 1.33 bits per heavy atom. The van der Waals surface area contributed by atoms with Crippen LogP contribution in [0.4, 0.5) is 0 Å². The fourth-order valence-corrected chi connectivity index (χ4v) is 14.2. The van der Waals surface area contributed by atoms with E-state index in [1.165, 1.54) is 60.5 Å². The topological polar surface area (TPSA) is 56.5 Å². The van der Waals surface area contributed by atoms with E-state index in [9.17, 15) is 0 Å². The van der Waals surface area contributed by atoms with Gasteiger partial charge < -0.3 is 0 Å². The molecule has 9 aromatic carbocycles. The standard InChI is InChI=1S/C62H35N5S3/c1-3-17-36(18-4-1)60-64-61(37-19-5-2-6-20-37)66-62(65-60)67-51-29-11-7-24-46(51)55-47(35-48-41-23-10-14-32-54(41)70-59(48)56(55)67)38-33-49(44-27-15-25-42-39-21-8-12-30-52(39)68-57(42)44)63-50(34-38)45-28-16-26-43-40-22-9-13-31-53(40)69-58(43)45/h1-35H. The van der Waals surface area contributed by atoms with E-state index in [0.29, 0.717) is 17.6 Å². The van der Waals surface area contributed by atoms with Crippen molar-refractivity contribution in [2.24, 2.45) is 0 Å². The summed E-state index contributed by atoms with van der Waals surface area (Å²) in [4.78, 5) is 21.6. The minimum absolute atomic E-state index is 0.568. The van der Waals surface area contributed by atoms with Crippen LogP contribution in [0.15, 0.2) is 212 Å². The average molecular weight is 946 g/mol. The number of hydrogen-bond donors (Lipinski definition) is 0. The lowest BCUT2D eigenvalue weighted by molar-refractivity contribution is 0.955. The maximum atomic E-state index is 5.70. The van der Waals surface area contributed by atoms with E-state index >= 15 is 0 Å². The molecule has 0 aliphatic rings. The summed E-state index contributed by atoms with van der Waals surface area (Å²) >= 11 is 5.51. The molecular formula is C62H35N5S3. The molecule has 0 fully saturated rings. The minimum Gasteiger partial charge on any atom is -0.276 e. The Hall–Kier alpha value is -8.40. The van der Waals surface area contributed by atoms with Crippen molar-refractivity contribution in [2.75, 3.05) is 0 Å². The molecule has 0 spiro atoms. The number of thiophene rings is 3. The zero-order valence-corrected chi connectivity index (χ0v) is 39.6. The first-order valence-electron chi connectivity index (χ1n) is 23.3. The van der Waals surface area contributed by atoms with Gasteiger partial charge in [0.15, 0.2) is 11.6 Å². The molecule has 0 N–H and O–H groups in total. The highest BCUT2D eigenvalue weighted by Crippen LogP contribution is 2.49. The Morgan fingerprint density at radius 2 is 0.771 bits per heavy atom. The molecule has 0 saturated heterocycles. The van der Waals surface area contributed by atoms with Crippen LogP contribution in [0.5, 0.6) is 0 Å². The van der Waals surface area contributed by atoms with E-state index in [1.807, 2.05) is 70.4 Å². The first-order chi connectivity index (χ1) is 34.7. The van der Waals surface area contributed by atoms with Crippen LogP contribution in [0, 0.1) is 0 Å². The maximum absolute atomic E-state index is 5.70. The van der Waals surface area contributed by atoms with Gasteiger partial charge in [-0.1, -0.05) is 170 Å². The molecule has 70 heavy (non-hydrogen) atoms. The lowest BCUT2D eigenvalue weighted by atomic mass is 9.94. The molecule has 0 bridgehead atoms. The summed E-state index contributed by atoms with van der Waals surface area (Å²) in [7, 11) is 0. The molecule has 5 nitrogen and oxygen atoms in total. The monoisotopic (exact) mass is 945 g/mol. The number of nitrogens with zero attached hydrogens (tertiary/aromatic N) is 5. The van der Waals surface area contributed by atoms with Gasteiger partial charge in [-0.25, -0.2) is 9.97 Å². The summed E-state index contributed by atoms with van der Waals surface area (Å²) in [6.45, 7) is 0. The van der Waals surface area contributed by atoms with Gasteiger partial charge in [0.2, 0.25) is 5.95 Å². The van der Waals surface area contributed by atoms with Crippen LogP contribution in [0.2, 0.25) is 0 Å². The Morgan fingerprint density at radius 1 is 0.314 bits per heavy atom.